The van der Waals surface area contributed by atoms with Crippen LogP contribution in [0.5, 0.6) is 0 Å². The Hall–Kier alpha value is -2.04. The van der Waals surface area contributed by atoms with Gasteiger partial charge in [0, 0.05) is 30.9 Å². The summed E-state index contributed by atoms with van der Waals surface area (Å²) in [4.78, 5) is 26.3. The summed E-state index contributed by atoms with van der Waals surface area (Å²) >= 11 is 0. The van der Waals surface area contributed by atoms with E-state index in [0.717, 1.165) is 30.8 Å². The lowest BCUT2D eigenvalue weighted by molar-refractivity contribution is -0.119. The predicted octanol–water partition coefficient (Wildman–Crippen LogP) is 3.59. The average molecular weight is 318 g/mol. The fraction of sp³-hybridized carbons (Fsp3) is 0.556. The molecule has 0 spiro atoms. The fourth-order valence-corrected chi connectivity index (χ4v) is 2.61. The van der Waals surface area contributed by atoms with Gasteiger partial charge in [-0.1, -0.05) is 0 Å². The van der Waals surface area contributed by atoms with Gasteiger partial charge >= 0.3 is 5.97 Å². The molecule has 126 valence electrons. The van der Waals surface area contributed by atoms with Crippen LogP contribution in [-0.2, 0) is 9.53 Å². The first-order valence-electron chi connectivity index (χ1n) is 8.23. The second-order valence-corrected chi connectivity index (χ2v) is 6.80. The predicted molar refractivity (Wildman–Crippen MR) is 92.0 cm³/mol. The summed E-state index contributed by atoms with van der Waals surface area (Å²) < 4.78 is 5.46. The molecule has 0 unspecified atom stereocenters. The van der Waals surface area contributed by atoms with E-state index in [1.807, 2.05) is 33.8 Å². The number of nitrogens with one attached hydrogen (secondary N) is 1. The lowest BCUT2D eigenvalue weighted by Crippen LogP contribution is -2.35. The van der Waals surface area contributed by atoms with Crippen LogP contribution >= 0.6 is 0 Å². The Morgan fingerprint density at radius 1 is 1.26 bits per heavy atom. The van der Waals surface area contributed by atoms with Crippen molar-refractivity contribution in [3.63, 3.8) is 0 Å². The van der Waals surface area contributed by atoms with Gasteiger partial charge in [0.2, 0.25) is 5.91 Å². The number of rotatable bonds is 4. The Balaban J connectivity index is 2.35. The van der Waals surface area contributed by atoms with Crippen molar-refractivity contribution >= 4 is 23.3 Å². The first-order valence-corrected chi connectivity index (χ1v) is 8.23. The number of carbonyl (C=O) groups excluding carboxylic acids is 2. The van der Waals surface area contributed by atoms with Gasteiger partial charge in [0.1, 0.15) is 5.60 Å². The minimum atomic E-state index is -0.549. The third-order valence-corrected chi connectivity index (χ3v) is 3.57. The zero-order valence-electron chi connectivity index (χ0n) is 14.4. The molecule has 1 fully saturated rings. The number of benzene rings is 1. The molecule has 0 aliphatic carbocycles. The molecule has 0 aromatic heterocycles. The quantitative estimate of drug-likeness (QED) is 0.862. The standard InChI is InChI=1S/C18H26N2O3/c1-5-19-14-10-13(17(22)23-18(2,3)4)11-15(12-14)20-9-7-6-8-16(20)21/h10-12,19H,5-9H2,1-4H3. The van der Waals surface area contributed by atoms with Crippen molar-refractivity contribution in [1.82, 2.24) is 0 Å². The summed E-state index contributed by atoms with van der Waals surface area (Å²) in [6.07, 6.45) is 2.48. The molecule has 1 heterocycles. The van der Waals surface area contributed by atoms with Gasteiger partial charge in [0.15, 0.2) is 0 Å². The molecule has 1 amide bonds. The molecule has 1 aromatic rings. The number of anilines is 2. The van der Waals surface area contributed by atoms with Crippen molar-refractivity contribution in [2.24, 2.45) is 0 Å². The van der Waals surface area contributed by atoms with Crippen LogP contribution in [0.4, 0.5) is 11.4 Å². The third kappa shape index (κ3) is 4.71. The molecule has 1 saturated heterocycles. The summed E-state index contributed by atoms with van der Waals surface area (Å²) in [6.45, 7) is 8.95. The zero-order valence-corrected chi connectivity index (χ0v) is 14.4. The maximum Gasteiger partial charge on any atom is 0.338 e. The first-order chi connectivity index (χ1) is 10.8. The SMILES string of the molecule is CCNc1cc(C(=O)OC(C)(C)C)cc(N2CCCCC2=O)c1. The number of piperidine rings is 1. The third-order valence-electron chi connectivity index (χ3n) is 3.57. The number of carbonyl (C=O) groups is 2. The minimum absolute atomic E-state index is 0.111. The smallest absolute Gasteiger partial charge is 0.338 e. The number of ether oxygens (including phenoxy) is 1. The van der Waals surface area contributed by atoms with Crippen LogP contribution in [0.3, 0.4) is 0 Å². The van der Waals surface area contributed by atoms with Gasteiger partial charge in [-0.3, -0.25) is 4.79 Å². The van der Waals surface area contributed by atoms with Crippen LogP contribution in [-0.4, -0.2) is 30.6 Å². The molecule has 0 atom stereocenters. The van der Waals surface area contributed by atoms with Crippen LogP contribution < -0.4 is 10.2 Å². The molecule has 0 radical (unpaired) electrons. The van der Waals surface area contributed by atoms with E-state index < -0.39 is 5.60 Å². The Labute approximate surface area is 138 Å². The number of hydrogen-bond donors (Lipinski definition) is 1. The molecular formula is C18H26N2O3. The normalized spacial score (nSPS) is 15.5. The molecule has 1 aliphatic rings. The zero-order chi connectivity index (χ0) is 17.0. The monoisotopic (exact) mass is 318 g/mol. The largest absolute Gasteiger partial charge is 0.456 e. The number of esters is 1. The van der Waals surface area contributed by atoms with Crippen molar-refractivity contribution < 1.29 is 14.3 Å². The van der Waals surface area contributed by atoms with Crippen molar-refractivity contribution in [2.45, 2.75) is 52.6 Å². The highest BCUT2D eigenvalue weighted by Crippen LogP contribution is 2.27. The second kappa shape index (κ2) is 7.02. The highest BCUT2D eigenvalue weighted by molar-refractivity contribution is 5.98. The minimum Gasteiger partial charge on any atom is -0.456 e. The number of hydrogen-bond acceptors (Lipinski definition) is 4. The average Bonchev–Trinajstić information content (AvgIpc) is 2.46. The lowest BCUT2D eigenvalue weighted by atomic mass is 10.1. The van der Waals surface area contributed by atoms with E-state index in [0.29, 0.717) is 18.5 Å². The fourth-order valence-electron chi connectivity index (χ4n) is 2.61. The Morgan fingerprint density at radius 3 is 2.61 bits per heavy atom. The lowest BCUT2D eigenvalue weighted by Gasteiger charge is -2.28. The van der Waals surface area contributed by atoms with E-state index in [1.165, 1.54) is 0 Å². The van der Waals surface area contributed by atoms with Crippen LogP contribution in [0.2, 0.25) is 0 Å². The van der Waals surface area contributed by atoms with Crippen LogP contribution in [0, 0.1) is 0 Å². The molecule has 1 aliphatic heterocycles. The van der Waals surface area contributed by atoms with Crippen molar-refractivity contribution in [3.8, 4) is 0 Å². The number of nitrogens with zero attached hydrogens (tertiary/aromatic N) is 1. The van der Waals surface area contributed by atoms with Gasteiger partial charge in [-0.15, -0.1) is 0 Å². The van der Waals surface area contributed by atoms with E-state index >= 15 is 0 Å². The Morgan fingerprint density at radius 2 is 2.00 bits per heavy atom. The topological polar surface area (TPSA) is 58.6 Å². The molecule has 0 bridgehead atoms. The summed E-state index contributed by atoms with van der Waals surface area (Å²) in [6, 6.07) is 5.44. The summed E-state index contributed by atoms with van der Waals surface area (Å²) in [5, 5.41) is 3.21. The molecule has 2 rings (SSSR count). The first kappa shape index (κ1) is 17.3. The van der Waals surface area contributed by atoms with E-state index in [-0.39, 0.29) is 11.9 Å². The summed E-state index contributed by atoms with van der Waals surface area (Å²) in [5.74, 6) is -0.261. The Bertz CT molecular complexity index is 590. The van der Waals surface area contributed by atoms with Crippen LogP contribution in [0.25, 0.3) is 0 Å². The maximum atomic E-state index is 12.4. The maximum absolute atomic E-state index is 12.4. The van der Waals surface area contributed by atoms with E-state index in [4.69, 9.17) is 4.74 Å². The van der Waals surface area contributed by atoms with E-state index in [1.54, 1.807) is 17.0 Å². The number of amides is 1. The summed E-state index contributed by atoms with van der Waals surface area (Å²) in [7, 11) is 0. The van der Waals surface area contributed by atoms with Crippen molar-refractivity contribution in [1.29, 1.82) is 0 Å². The van der Waals surface area contributed by atoms with Gasteiger partial charge in [-0.2, -0.15) is 0 Å². The molecule has 0 saturated carbocycles. The molecule has 5 heteroatoms. The molecule has 23 heavy (non-hydrogen) atoms. The van der Waals surface area contributed by atoms with Crippen molar-refractivity contribution in [3.05, 3.63) is 23.8 Å². The van der Waals surface area contributed by atoms with Gasteiger partial charge in [-0.05, 0) is 58.7 Å². The molecule has 5 nitrogen and oxygen atoms in total. The molecular weight excluding hydrogens is 292 g/mol. The van der Waals surface area contributed by atoms with Gasteiger partial charge in [0.05, 0.1) is 5.56 Å². The van der Waals surface area contributed by atoms with Gasteiger partial charge < -0.3 is 15.0 Å². The second-order valence-electron chi connectivity index (χ2n) is 6.80. The Kier molecular flexibility index (Phi) is 5.29. The highest BCUT2D eigenvalue weighted by Gasteiger charge is 2.23. The van der Waals surface area contributed by atoms with E-state index in [9.17, 15) is 9.59 Å². The molecule has 1 aromatic carbocycles. The van der Waals surface area contributed by atoms with Gasteiger partial charge in [-0.25, -0.2) is 4.79 Å². The summed E-state index contributed by atoms with van der Waals surface area (Å²) in [5.41, 5.74) is 1.50. The highest BCUT2D eigenvalue weighted by atomic mass is 16.6. The van der Waals surface area contributed by atoms with Gasteiger partial charge in [0.25, 0.3) is 0 Å². The van der Waals surface area contributed by atoms with E-state index in [2.05, 4.69) is 5.32 Å². The van der Waals surface area contributed by atoms with Crippen LogP contribution in [0.15, 0.2) is 18.2 Å². The van der Waals surface area contributed by atoms with Crippen molar-refractivity contribution in [2.75, 3.05) is 23.3 Å². The van der Waals surface area contributed by atoms with Crippen LogP contribution in [0.1, 0.15) is 57.3 Å². The molecule has 1 N–H and O–H groups in total.